The fourth-order valence-corrected chi connectivity index (χ4v) is 5.20. The number of rotatable bonds is 5. The molecule has 0 radical (unpaired) electrons. The van der Waals surface area contributed by atoms with E-state index in [0.717, 1.165) is 58.4 Å². The highest BCUT2D eigenvalue weighted by Gasteiger charge is 2.27. The average Bonchev–Trinajstić information content (AvgIpc) is 3.54. The number of carbonyl (C=O) groups is 2. The van der Waals surface area contributed by atoms with Crippen LogP contribution in [0.3, 0.4) is 0 Å². The maximum Gasteiger partial charge on any atom is 0.289 e. The highest BCUT2D eigenvalue weighted by atomic mass is 16.5. The number of hydrogen-bond acceptors (Lipinski definition) is 5. The van der Waals surface area contributed by atoms with Gasteiger partial charge in [-0.15, -0.1) is 0 Å². The van der Waals surface area contributed by atoms with Crippen LogP contribution in [-0.4, -0.2) is 54.4 Å². The maximum absolute atomic E-state index is 13.2. The Hall–Kier alpha value is -3.48. The summed E-state index contributed by atoms with van der Waals surface area (Å²) in [4.78, 5) is 29.2. The molecule has 0 saturated carbocycles. The lowest BCUT2D eigenvalue weighted by Crippen LogP contribution is -2.50. The summed E-state index contributed by atoms with van der Waals surface area (Å²) in [7, 11) is 0. The van der Waals surface area contributed by atoms with Crippen LogP contribution in [0, 0.1) is 6.92 Å². The molecule has 2 amide bonds. The van der Waals surface area contributed by atoms with Gasteiger partial charge in [-0.2, -0.15) is 0 Å². The first-order valence-corrected chi connectivity index (χ1v) is 12.5. The van der Waals surface area contributed by atoms with Crippen LogP contribution in [0.4, 0.5) is 0 Å². The Morgan fingerprint density at radius 2 is 1.86 bits per heavy atom. The van der Waals surface area contributed by atoms with Crippen LogP contribution in [-0.2, 0) is 17.6 Å². The van der Waals surface area contributed by atoms with Gasteiger partial charge < -0.3 is 23.4 Å². The molecule has 1 aromatic carbocycles. The van der Waals surface area contributed by atoms with Gasteiger partial charge in [-0.25, -0.2) is 0 Å². The van der Waals surface area contributed by atoms with Crippen molar-refractivity contribution in [2.45, 2.75) is 46.5 Å². The van der Waals surface area contributed by atoms with E-state index in [1.807, 2.05) is 20.8 Å². The predicted octanol–water partition coefficient (Wildman–Crippen LogP) is 5.00. The number of amides is 2. The normalized spacial score (nSPS) is 16.5. The summed E-state index contributed by atoms with van der Waals surface area (Å²) in [5.74, 6) is 2.01. The lowest BCUT2D eigenvalue weighted by Gasteiger charge is -2.34. The topological polar surface area (TPSA) is 76.1 Å². The fourth-order valence-electron chi connectivity index (χ4n) is 5.20. The molecule has 35 heavy (non-hydrogen) atoms. The van der Waals surface area contributed by atoms with Crippen molar-refractivity contribution in [3.05, 3.63) is 58.7 Å². The SMILES string of the molecule is CCOc1c(/C(C)=C/C(=O)N2CCN(C(=O)c3ccco3)CC2)cc2c3c(oc2c1C)CCCC3. The standard InChI is InChI=1S/C28H32N2O5/c1-4-33-26-19(3)27-22(20-8-5-6-9-23(20)35-27)17-21(26)18(2)16-25(31)29-11-13-30(14-12-29)28(32)24-10-7-15-34-24/h7,10,15-17H,4-6,8-9,11-14H2,1-3H3/b18-16+. The van der Waals surface area contributed by atoms with E-state index < -0.39 is 0 Å². The Bertz CT molecular complexity index is 1280. The van der Waals surface area contributed by atoms with Gasteiger partial charge in [-0.3, -0.25) is 9.59 Å². The number of nitrogens with zero attached hydrogens (tertiary/aromatic N) is 2. The van der Waals surface area contributed by atoms with Gasteiger partial charge in [0.15, 0.2) is 5.76 Å². The Morgan fingerprint density at radius 1 is 1.11 bits per heavy atom. The molecular formula is C28H32N2O5. The number of benzene rings is 1. The summed E-state index contributed by atoms with van der Waals surface area (Å²) >= 11 is 0. The second-order valence-electron chi connectivity index (χ2n) is 9.32. The number of fused-ring (bicyclic) bond motifs is 3. The van der Waals surface area contributed by atoms with E-state index in [1.165, 1.54) is 18.2 Å². The smallest absolute Gasteiger partial charge is 0.289 e. The van der Waals surface area contributed by atoms with Crippen LogP contribution < -0.4 is 4.74 Å². The maximum atomic E-state index is 13.2. The molecule has 0 N–H and O–H groups in total. The number of carbonyl (C=O) groups excluding carboxylic acids is 2. The van der Waals surface area contributed by atoms with E-state index in [9.17, 15) is 9.59 Å². The summed E-state index contributed by atoms with van der Waals surface area (Å²) in [6, 6.07) is 5.51. The molecule has 7 nitrogen and oxygen atoms in total. The second kappa shape index (κ2) is 9.64. The van der Waals surface area contributed by atoms with Crippen molar-refractivity contribution in [1.82, 2.24) is 9.80 Å². The van der Waals surface area contributed by atoms with Gasteiger partial charge in [0.05, 0.1) is 12.9 Å². The molecule has 5 rings (SSSR count). The van der Waals surface area contributed by atoms with Gasteiger partial charge in [0, 0.05) is 60.8 Å². The average molecular weight is 477 g/mol. The molecule has 3 aromatic rings. The predicted molar refractivity (Wildman–Crippen MR) is 134 cm³/mol. The molecule has 1 saturated heterocycles. The van der Waals surface area contributed by atoms with Crippen molar-refractivity contribution in [2.24, 2.45) is 0 Å². The third kappa shape index (κ3) is 4.35. The molecule has 184 valence electrons. The molecule has 0 spiro atoms. The summed E-state index contributed by atoms with van der Waals surface area (Å²) in [5.41, 5.74) is 4.99. The fraction of sp³-hybridized carbons (Fsp3) is 0.429. The third-order valence-corrected chi connectivity index (χ3v) is 7.09. The Kier molecular flexibility index (Phi) is 6.41. The Morgan fingerprint density at radius 3 is 2.57 bits per heavy atom. The minimum atomic E-state index is -0.137. The van der Waals surface area contributed by atoms with Crippen molar-refractivity contribution in [1.29, 1.82) is 0 Å². The largest absolute Gasteiger partial charge is 0.493 e. The highest BCUT2D eigenvalue weighted by Crippen LogP contribution is 2.41. The molecule has 1 aliphatic heterocycles. The van der Waals surface area contributed by atoms with Gasteiger partial charge in [-0.05, 0) is 63.8 Å². The van der Waals surface area contributed by atoms with Gasteiger partial charge in [0.1, 0.15) is 17.1 Å². The van der Waals surface area contributed by atoms with E-state index >= 15 is 0 Å². The number of ether oxygens (including phenoxy) is 1. The summed E-state index contributed by atoms with van der Waals surface area (Å²) < 4.78 is 17.5. The molecular weight excluding hydrogens is 444 g/mol. The first-order chi connectivity index (χ1) is 17.0. The number of allylic oxidation sites excluding steroid dienone is 1. The zero-order valence-corrected chi connectivity index (χ0v) is 20.7. The van der Waals surface area contributed by atoms with Crippen LogP contribution in [0.15, 0.2) is 39.4 Å². The molecule has 1 fully saturated rings. The van der Waals surface area contributed by atoms with Gasteiger partial charge in [-0.1, -0.05) is 0 Å². The second-order valence-corrected chi connectivity index (χ2v) is 9.32. The summed E-state index contributed by atoms with van der Waals surface area (Å²) in [6.07, 6.45) is 7.52. The van der Waals surface area contributed by atoms with Crippen LogP contribution in [0.1, 0.15) is 59.7 Å². The van der Waals surface area contributed by atoms with Gasteiger partial charge in [0.25, 0.3) is 5.91 Å². The van der Waals surface area contributed by atoms with Crippen molar-refractivity contribution in [2.75, 3.05) is 32.8 Å². The Labute approximate surface area is 205 Å². The first kappa shape index (κ1) is 23.3. The molecule has 2 aromatic heterocycles. The zero-order valence-electron chi connectivity index (χ0n) is 20.7. The highest BCUT2D eigenvalue weighted by molar-refractivity contribution is 5.99. The minimum Gasteiger partial charge on any atom is -0.493 e. The van der Waals surface area contributed by atoms with Crippen LogP contribution in [0.5, 0.6) is 5.75 Å². The number of aryl methyl sites for hydroxylation is 3. The van der Waals surface area contributed by atoms with Gasteiger partial charge >= 0.3 is 0 Å². The summed E-state index contributed by atoms with van der Waals surface area (Å²) in [5, 5.41) is 1.14. The molecule has 7 heteroatoms. The third-order valence-electron chi connectivity index (χ3n) is 7.09. The lowest BCUT2D eigenvalue weighted by molar-refractivity contribution is -0.127. The minimum absolute atomic E-state index is 0.0537. The quantitative estimate of drug-likeness (QED) is 0.485. The van der Waals surface area contributed by atoms with Crippen LogP contribution >= 0.6 is 0 Å². The van der Waals surface area contributed by atoms with Crippen molar-refractivity contribution in [3.8, 4) is 5.75 Å². The van der Waals surface area contributed by atoms with Crippen LogP contribution in [0.25, 0.3) is 16.5 Å². The lowest BCUT2D eigenvalue weighted by atomic mass is 9.93. The molecule has 3 heterocycles. The van der Waals surface area contributed by atoms with E-state index in [2.05, 4.69) is 6.07 Å². The zero-order chi connectivity index (χ0) is 24.5. The van der Waals surface area contributed by atoms with E-state index in [4.69, 9.17) is 13.6 Å². The number of piperazine rings is 1. The van der Waals surface area contributed by atoms with Gasteiger partial charge in [0.2, 0.25) is 5.91 Å². The molecule has 2 aliphatic rings. The summed E-state index contributed by atoms with van der Waals surface area (Å²) in [6.45, 7) is 8.44. The first-order valence-electron chi connectivity index (χ1n) is 12.5. The van der Waals surface area contributed by atoms with E-state index in [-0.39, 0.29) is 11.8 Å². The van der Waals surface area contributed by atoms with Crippen molar-refractivity contribution >= 4 is 28.4 Å². The van der Waals surface area contributed by atoms with E-state index in [0.29, 0.717) is 38.5 Å². The van der Waals surface area contributed by atoms with Crippen LogP contribution in [0.2, 0.25) is 0 Å². The Balaban J connectivity index is 1.38. The molecule has 1 aliphatic carbocycles. The van der Waals surface area contributed by atoms with Crippen molar-refractivity contribution < 1.29 is 23.2 Å². The number of hydrogen-bond donors (Lipinski definition) is 0. The molecule has 0 atom stereocenters. The molecule has 0 unspecified atom stereocenters. The van der Waals surface area contributed by atoms with E-state index in [1.54, 1.807) is 28.0 Å². The molecule has 0 bridgehead atoms. The number of furan rings is 2. The van der Waals surface area contributed by atoms with Crippen molar-refractivity contribution in [3.63, 3.8) is 0 Å². The monoisotopic (exact) mass is 476 g/mol.